The van der Waals surface area contributed by atoms with E-state index in [1.165, 1.54) is 17.3 Å². The molecule has 0 radical (unpaired) electrons. The summed E-state index contributed by atoms with van der Waals surface area (Å²) in [4.78, 5) is 6.61. The number of benzene rings is 1. The second kappa shape index (κ2) is 7.38. The smallest absolute Gasteiger partial charge is 0.314 e. The molecule has 1 aromatic carbocycles. The highest BCUT2D eigenvalue weighted by Gasteiger charge is 2.21. The molecule has 0 bridgehead atoms. The maximum Gasteiger partial charge on any atom is 0.314 e. The fourth-order valence-electron chi connectivity index (χ4n) is 3.58. The third-order valence-corrected chi connectivity index (χ3v) is 4.98. The fourth-order valence-corrected chi connectivity index (χ4v) is 3.58. The molecule has 4 aromatic rings. The van der Waals surface area contributed by atoms with E-state index in [1.54, 1.807) is 16.8 Å². The average Bonchev–Trinajstić information content (AvgIpc) is 3.47. The Morgan fingerprint density at radius 2 is 2.00 bits per heavy atom. The number of fused-ring (bicyclic) bond motifs is 1. The number of halogens is 2. The molecule has 0 amide bonds. The van der Waals surface area contributed by atoms with Crippen molar-refractivity contribution in [3.8, 4) is 22.7 Å². The van der Waals surface area contributed by atoms with Gasteiger partial charge in [0.05, 0.1) is 24.0 Å². The number of rotatable bonds is 5. The van der Waals surface area contributed by atoms with E-state index >= 15 is 0 Å². The van der Waals surface area contributed by atoms with Crippen LogP contribution in [0.5, 0.6) is 0 Å². The largest absolute Gasteiger partial charge is 0.415 e. The van der Waals surface area contributed by atoms with Crippen molar-refractivity contribution in [3.05, 3.63) is 65.4 Å². The highest BCUT2D eigenvalue weighted by molar-refractivity contribution is 5.65. The zero-order valence-corrected chi connectivity index (χ0v) is 16.0. The molecule has 3 aromatic heterocycles. The molecule has 152 valence electrons. The van der Waals surface area contributed by atoms with Gasteiger partial charge in [-0.05, 0) is 30.3 Å². The third kappa shape index (κ3) is 3.45. The van der Waals surface area contributed by atoms with Crippen molar-refractivity contribution in [2.24, 2.45) is 0 Å². The van der Waals surface area contributed by atoms with E-state index in [9.17, 15) is 8.78 Å². The molecule has 0 N–H and O–H groups in total. The predicted molar refractivity (Wildman–Crippen MR) is 102 cm³/mol. The van der Waals surface area contributed by atoms with Crippen molar-refractivity contribution in [1.29, 1.82) is 0 Å². The fraction of sp³-hybridized carbons (Fsp3) is 0.250. The monoisotopic (exact) mass is 409 g/mol. The van der Waals surface area contributed by atoms with Crippen molar-refractivity contribution in [3.63, 3.8) is 0 Å². The molecule has 1 aliphatic rings. The minimum Gasteiger partial charge on any atom is -0.415 e. The van der Waals surface area contributed by atoms with E-state index < -0.39 is 12.3 Å². The van der Waals surface area contributed by atoms with E-state index in [0.717, 1.165) is 30.0 Å². The third-order valence-electron chi connectivity index (χ3n) is 4.98. The molecule has 30 heavy (non-hydrogen) atoms. The Balaban J connectivity index is 1.33. The molecule has 10 heteroatoms. The first-order chi connectivity index (χ1) is 14.6. The quantitative estimate of drug-likeness (QED) is 0.500. The SMILES string of the molecule is CN1Cc2cccc(-c3cn(Cc4ccc(-c5nnc(C(F)F)o5)cn4)nn3)c2C1. The van der Waals surface area contributed by atoms with Crippen LogP contribution < -0.4 is 0 Å². The van der Waals surface area contributed by atoms with Crippen LogP contribution in [0.3, 0.4) is 0 Å². The van der Waals surface area contributed by atoms with Gasteiger partial charge in [-0.15, -0.1) is 15.3 Å². The summed E-state index contributed by atoms with van der Waals surface area (Å²) in [6.07, 6.45) is 0.609. The molecule has 0 saturated carbocycles. The minimum atomic E-state index is -2.80. The van der Waals surface area contributed by atoms with Gasteiger partial charge in [-0.3, -0.25) is 9.88 Å². The van der Waals surface area contributed by atoms with Crippen LogP contribution in [0.15, 0.2) is 47.1 Å². The van der Waals surface area contributed by atoms with E-state index in [1.807, 2.05) is 12.3 Å². The van der Waals surface area contributed by atoms with Gasteiger partial charge < -0.3 is 4.42 Å². The summed E-state index contributed by atoms with van der Waals surface area (Å²) in [7, 11) is 2.10. The van der Waals surface area contributed by atoms with E-state index in [-0.39, 0.29) is 5.89 Å². The molecule has 1 aliphatic heterocycles. The number of hydrogen-bond donors (Lipinski definition) is 0. The molecule has 0 atom stereocenters. The summed E-state index contributed by atoms with van der Waals surface area (Å²) < 4.78 is 31.8. The van der Waals surface area contributed by atoms with Crippen LogP contribution in [0.1, 0.15) is 29.1 Å². The lowest BCUT2D eigenvalue weighted by molar-refractivity contribution is 0.116. The van der Waals surface area contributed by atoms with Crippen molar-refractivity contribution in [2.75, 3.05) is 7.05 Å². The Morgan fingerprint density at radius 3 is 2.77 bits per heavy atom. The van der Waals surface area contributed by atoms with Crippen LogP contribution in [0.2, 0.25) is 0 Å². The molecule has 4 heterocycles. The van der Waals surface area contributed by atoms with Crippen molar-refractivity contribution in [2.45, 2.75) is 26.1 Å². The molecular formula is C20H17F2N7O. The Labute approximate surface area is 170 Å². The molecule has 0 spiro atoms. The summed E-state index contributed by atoms with van der Waals surface area (Å²) in [6.45, 7) is 2.26. The zero-order chi connectivity index (χ0) is 20.7. The predicted octanol–water partition coefficient (Wildman–Crippen LogP) is 3.32. The van der Waals surface area contributed by atoms with E-state index in [0.29, 0.717) is 12.1 Å². The van der Waals surface area contributed by atoms with Crippen LogP contribution in [0, 0.1) is 0 Å². The Morgan fingerprint density at radius 1 is 1.10 bits per heavy atom. The summed E-state index contributed by atoms with van der Waals surface area (Å²) in [5.41, 5.74) is 5.74. The van der Waals surface area contributed by atoms with Crippen LogP contribution in [0.4, 0.5) is 8.78 Å². The second-order valence-corrected chi connectivity index (χ2v) is 7.20. The average molecular weight is 409 g/mol. The van der Waals surface area contributed by atoms with Gasteiger partial charge in [-0.25, -0.2) is 4.68 Å². The first kappa shape index (κ1) is 18.5. The van der Waals surface area contributed by atoms with Gasteiger partial charge in [0, 0.05) is 24.8 Å². The minimum absolute atomic E-state index is 0.00953. The molecule has 8 nitrogen and oxygen atoms in total. The van der Waals surface area contributed by atoms with Crippen LogP contribution >= 0.6 is 0 Å². The first-order valence-electron chi connectivity index (χ1n) is 9.33. The number of alkyl halides is 2. The maximum atomic E-state index is 12.6. The van der Waals surface area contributed by atoms with Gasteiger partial charge in [0.2, 0.25) is 5.89 Å². The standard InChI is InChI=1S/C20H17F2N7O/c1-28-8-13-3-2-4-15(16(13)10-28)17-11-29(27-24-17)9-14-6-5-12(7-23-14)19-25-26-20(30-19)18(21)22/h2-7,11,18H,8-10H2,1H3. The number of hydrogen-bond acceptors (Lipinski definition) is 7. The van der Waals surface area contributed by atoms with Crippen molar-refractivity contribution in [1.82, 2.24) is 35.1 Å². The van der Waals surface area contributed by atoms with Gasteiger partial charge in [-0.2, -0.15) is 8.78 Å². The molecule has 0 saturated heterocycles. The molecule has 0 fully saturated rings. The Hall–Kier alpha value is -3.53. The summed E-state index contributed by atoms with van der Waals surface area (Å²) >= 11 is 0. The number of aromatic nitrogens is 6. The molecule has 0 aliphatic carbocycles. The van der Waals surface area contributed by atoms with Crippen molar-refractivity contribution < 1.29 is 13.2 Å². The van der Waals surface area contributed by atoms with Gasteiger partial charge in [-0.1, -0.05) is 23.4 Å². The van der Waals surface area contributed by atoms with Gasteiger partial charge >= 0.3 is 6.43 Å². The van der Waals surface area contributed by atoms with Crippen LogP contribution in [-0.2, 0) is 19.6 Å². The Kier molecular flexibility index (Phi) is 4.55. The normalized spacial score (nSPS) is 13.9. The van der Waals surface area contributed by atoms with Crippen LogP contribution in [-0.4, -0.2) is 42.1 Å². The Bertz CT molecular complexity index is 1190. The van der Waals surface area contributed by atoms with Gasteiger partial charge in [0.1, 0.15) is 5.69 Å². The first-order valence-corrected chi connectivity index (χ1v) is 9.33. The summed E-state index contributed by atoms with van der Waals surface area (Å²) in [5.74, 6) is -0.696. The summed E-state index contributed by atoms with van der Waals surface area (Å²) in [5, 5.41) is 15.5. The lowest BCUT2D eigenvalue weighted by Crippen LogP contribution is -2.07. The lowest BCUT2D eigenvalue weighted by atomic mass is 10.0. The van der Waals surface area contributed by atoms with E-state index in [4.69, 9.17) is 4.42 Å². The molecule has 0 unspecified atom stereocenters. The van der Waals surface area contributed by atoms with Crippen LogP contribution in [0.25, 0.3) is 22.7 Å². The van der Waals surface area contributed by atoms with Gasteiger partial charge in [0.15, 0.2) is 0 Å². The van der Waals surface area contributed by atoms with E-state index in [2.05, 4.69) is 49.6 Å². The second-order valence-electron chi connectivity index (χ2n) is 7.20. The number of pyridine rings is 1. The summed E-state index contributed by atoms with van der Waals surface area (Å²) in [6, 6.07) is 9.72. The zero-order valence-electron chi connectivity index (χ0n) is 16.0. The highest BCUT2D eigenvalue weighted by Crippen LogP contribution is 2.31. The lowest BCUT2D eigenvalue weighted by Gasteiger charge is -2.05. The van der Waals surface area contributed by atoms with Gasteiger partial charge in [0.25, 0.3) is 5.89 Å². The molecular weight excluding hydrogens is 392 g/mol. The molecule has 5 rings (SSSR count). The highest BCUT2D eigenvalue weighted by atomic mass is 19.3. The topological polar surface area (TPSA) is 85.8 Å². The number of nitrogens with zero attached hydrogens (tertiary/aromatic N) is 7. The maximum absolute atomic E-state index is 12.6. The van der Waals surface area contributed by atoms with Crippen molar-refractivity contribution >= 4 is 0 Å².